The molecule has 156 valence electrons. The zero-order valence-electron chi connectivity index (χ0n) is 17.3. The number of aromatic nitrogens is 1. The van der Waals surface area contributed by atoms with Gasteiger partial charge in [0.2, 0.25) is 11.8 Å². The molecule has 0 bridgehead atoms. The molecule has 1 fully saturated rings. The molecule has 1 aromatic heterocycles. The second-order valence-electron chi connectivity index (χ2n) is 7.90. The molecule has 3 N–H and O–H groups in total. The van der Waals surface area contributed by atoms with E-state index in [0.29, 0.717) is 6.42 Å². The number of amides is 2. The van der Waals surface area contributed by atoms with Crippen LogP contribution in [0.4, 0.5) is 11.4 Å². The van der Waals surface area contributed by atoms with Crippen molar-refractivity contribution in [1.82, 2.24) is 10.3 Å². The number of H-pyrrole nitrogens is 1. The number of carbonyl (C=O) groups is 2. The SMILES string of the molecule is CC(=O)NC(Cc1c[nH]c2ccccc12)C(=O)Nc1ccc(N2CCCCC2)cc1. The Balaban J connectivity index is 1.46. The van der Waals surface area contributed by atoms with Gasteiger partial charge in [-0.05, 0) is 55.2 Å². The Bertz CT molecular complexity index is 1020. The number of benzene rings is 2. The molecule has 0 radical (unpaired) electrons. The van der Waals surface area contributed by atoms with Crippen LogP contribution >= 0.6 is 0 Å². The number of anilines is 2. The third-order valence-electron chi connectivity index (χ3n) is 5.65. The van der Waals surface area contributed by atoms with Gasteiger partial charge in [0, 0.05) is 54.9 Å². The average Bonchev–Trinajstić information content (AvgIpc) is 3.17. The lowest BCUT2D eigenvalue weighted by Gasteiger charge is -2.29. The predicted octanol–water partition coefficient (Wildman–Crippen LogP) is 3.84. The predicted molar refractivity (Wildman–Crippen MR) is 121 cm³/mol. The molecule has 1 saturated heterocycles. The summed E-state index contributed by atoms with van der Waals surface area (Å²) in [4.78, 5) is 30.3. The van der Waals surface area contributed by atoms with E-state index in [-0.39, 0.29) is 11.8 Å². The van der Waals surface area contributed by atoms with Gasteiger partial charge < -0.3 is 20.5 Å². The lowest BCUT2D eigenvalue weighted by atomic mass is 10.0. The number of piperidine rings is 1. The minimum Gasteiger partial charge on any atom is -0.372 e. The summed E-state index contributed by atoms with van der Waals surface area (Å²) in [7, 11) is 0. The summed E-state index contributed by atoms with van der Waals surface area (Å²) >= 11 is 0. The quantitative estimate of drug-likeness (QED) is 0.584. The fourth-order valence-electron chi connectivity index (χ4n) is 4.11. The molecule has 1 atom stereocenters. The van der Waals surface area contributed by atoms with Crippen LogP contribution in [-0.4, -0.2) is 35.9 Å². The molecule has 0 saturated carbocycles. The highest BCUT2D eigenvalue weighted by molar-refractivity contribution is 5.97. The van der Waals surface area contributed by atoms with Crippen LogP contribution < -0.4 is 15.5 Å². The summed E-state index contributed by atoms with van der Waals surface area (Å²) in [5, 5.41) is 6.81. The fourth-order valence-corrected chi connectivity index (χ4v) is 4.11. The number of fused-ring (bicyclic) bond motifs is 1. The monoisotopic (exact) mass is 404 g/mol. The van der Waals surface area contributed by atoms with Crippen LogP contribution in [-0.2, 0) is 16.0 Å². The van der Waals surface area contributed by atoms with E-state index in [2.05, 4.69) is 20.5 Å². The largest absolute Gasteiger partial charge is 0.372 e. The lowest BCUT2D eigenvalue weighted by Crippen LogP contribution is -2.44. The maximum Gasteiger partial charge on any atom is 0.247 e. The molecule has 0 spiro atoms. The van der Waals surface area contributed by atoms with Gasteiger partial charge in [0.15, 0.2) is 0 Å². The zero-order valence-corrected chi connectivity index (χ0v) is 17.3. The minimum atomic E-state index is -0.650. The van der Waals surface area contributed by atoms with Gasteiger partial charge in [0.25, 0.3) is 0 Å². The minimum absolute atomic E-state index is 0.221. The van der Waals surface area contributed by atoms with Crippen molar-refractivity contribution in [3.63, 3.8) is 0 Å². The number of aromatic amines is 1. The van der Waals surface area contributed by atoms with Crippen LogP contribution in [0.1, 0.15) is 31.7 Å². The van der Waals surface area contributed by atoms with Gasteiger partial charge in [0.05, 0.1) is 0 Å². The first kappa shape index (κ1) is 20.0. The van der Waals surface area contributed by atoms with E-state index >= 15 is 0 Å². The van der Waals surface area contributed by atoms with E-state index in [9.17, 15) is 9.59 Å². The highest BCUT2D eigenvalue weighted by Crippen LogP contribution is 2.23. The third kappa shape index (κ3) is 4.64. The second-order valence-corrected chi connectivity index (χ2v) is 7.90. The number of nitrogens with one attached hydrogen (secondary N) is 3. The van der Waals surface area contributed by atoms with Gasteiger partial charge in [-0.15, -0.1) is 0 Å². The Labute approximate surface area is 176 Å². The van der Waals surface area contributed by atoms with E-state index in [0.717, 1.165) is 35.2 Å². The molecule has 2 amide bonds. The Morgan fingerprint density at radius 1 is 1.03 bits per heavy atom. The Morgan fingerprint density at radius 2 is 1.77 bits per heavy atom. The topological polar surface area (TPSA) is 77.2 Å². The van der Waals surface area contributed by atoms with Crippen molar-refractivity contribution in [2.24, 2.45) is 0 Å². The number of para-hydroxylation sites is 1. The summed E-state index contributed by atoms with van der Waals surface area (Å²) in [5.74, 6) is -0.448. The Hall–Kier alpha value is -3.28. The van der Waals surface area contributed by atoms with Gasteiger partial charge in [0.1, 0.15) is 6.04 Å². The molecule has 30 heavy (non-hydrogen) atoms. The molecular formula is C24H28N4O2. The summed E-state index contributed by atoms with van der Waals surface area (Å²) in [6, 6.07) is 15.3. The highest BCUT2D eigenvalue weighted by atomic mass is 16.2. The molecule has 0 aliphatic carbocycles. The maximum absolute atomic E-state index is 13.0. The second kappa shape index (κ2) is 9.03. The Kier molecular flexibility index (Phi) is 6.02. The van der Waals surface area contributed by atoms with Gasteiger partial charge in [-0.3, -0.25) is 9.59 Å². The molecule has 6 nitrogen and oxygen atoms in total. The van der Waals surface area contributed by atoms with Gasteiger partial charge >= 0.3 is 0 Å². The summed E-state index contributed by atoms with van der Waals surface area (Å²) in [5.41, 5.74) is 3.93. The number of hydrogen-bond donors (Lipinski definition) is 3. The van der Waals surface area contributed by atoms with Crippen LogP contribution in [0.2, 0.25) is 0 Å². The van der Waals surface area contributed by atoms with Gasteiger partial charge in [-0.25, -0.2) is 0 Å². The van der Waals surface area contributed by atoms with Crippen LogP contribution in [0.25, 0.3) is 10.9 Å². The van der Waals surface area contributed by atoms with Crippen molar-refractivity contribution >= 4 is 34.1 Å². The lowest BCUT2D eigenvalue weighted by molar-refractivity contribution is -0.125. The van der Waals surface area contributed by atoms with Crippen LogP contribution in [0.5, 0.6) is 0 Å². The standard InChI is InChI=1S/C24H28N4O2/c1-17(29)26-23(15-18-16-25-22-8-4-3-7-21(18)22)24(30)27-19-9-11-20(12-10-19)28-13-5-2-6-14-28/h3-4,7-12,16,23,25H,2,5-6,13-15H2,1H3,(H,26,29)(H,27,30). The summed E-state index contributed by atoms with van der Waals surface area (Å²) in [6.45, 7) is 3.60. The third-order valence-corrected chi connectivity index (χ3v) is 5.65. The first-order valence-corrected chi connectivity index (χ1v) is 10.6. The van der Waals surface area contributed by atoms with Crippen LogP contribution in [0, 0.1) is 0 Å². The molecule has 6 heteroatoms. The first-order chi connectivity index (χ1) is 14.6. The Morgan fingerprint density at radius 3 is 2.50 bits per heavy atom. The van der Waals surface area contributed by atoms with E-state index in [1.165, 1.54) is 31.9 Å². The number of nitrogens with zero attached hydrogens (tertiary/aromatic N) is 1. The van der Waals surface area contributed by atoms with Crippen molar-refractivity contribution in [3.8, 4) is 0 Å². The summed E-state index contributed by atoms with van der Waals surface area (Å²) < 4.78 is 0. The van der Waals surface area contributed by atoms with Crippen LogP contribution in [0.15, 0.2) is 54.7 Å². The maximum atomic E-state index is 13.0. The summed E-state index contributed by atoms with van der Waals surface area (Å²) in [6.07, 6.45) is 6.07. The van der Waals surface area contributed by atoms with E-state index in [1.807, 2.05) is 54.7 Å². The van der Waals surface area contributed by atoms with Crippen molar-refractivity contribution in [3.05, 3.63) is 60.3 Å². The van der Waals surface area contributed by atoms with E-state index in [4.69, 9.17) is 0 Å². The van der Waals surface area contributed by atoms with Gasteiger partial charge in [-0.2, -0.15) is 0 Å². The number of rotatable bonds is 6. The normalized spacial score (nSPS) is 15.0. The van der Waals surface area contributed by atoms with Gasteiger partial charge in [-0.1, -0.05) is 18.2 Å². The zero-order chi connectivity index (χ0) is 20.9. The first-order valence-electron chi connectivity index (χ1n) is 10.6. The molecular weight excluding hydrogens is 376 g/mol. The fraction of sp³-hybridized carbons (Fsp3) is 0.333. The molecule has 4 rings (SSSR count). The average molecular weight is 405 g/mol. The molecule has 1 aliphatic rings. The van der Waals surface area contributed by atoms with Crippen molar-refractivity contribution < 1.29 is 9.59 Å². The number of carbonyl (C=O) groups excluding carboxylic acids is 2. The van der Waals surface area contributed by atoms with E-state index in [1.54, 1.807) is 0 Å². The highest BCUT2D eigenvalue weighted by Gasteiger charge is 2.22. The van der Waals surface area contributed by atoms with Crippen LogP contribution in [0.3, 0.4) is 0 Å². The van der Waals surface area contributed by atoms with Crippen molar-refractivity contribution in [1.29, 1.82) is 0 Å². The molecule has 2 heterocycles. The molecule has 1 aliphatic heterocycles. The smallest absolute Gasteiger partial charge is 0.247 e. The molecule has 2 aromatic carbocycles. The van der Waals surface area contributed by atoms with Crippen molar-refractivity contribution in [2.45, 2.75) is 38.6 Å². The molecule has 3 aromatic rings. The van der Waals surface area contributed by atoms with Crippen molar-refractivity contribution in [2.75, 3.05) is 23.3 Å². The van der Waals surface area contributed by atoms with E-state index < -0.39 is 6.04 Å². The molecule has 1 unspecified atom stereocenters. The number of hydrogen-bond acceptors (Lipinski definition) is 3.